The highest BCUT2D eigenvalue weighted by atomic mass is 32.2. The van der Waals surface area contributed by atoms with Crippen LogP contribution < -0.4 is 4.31 Å². The summed E-state index contributed by atoms with van der Waals surface area (Å²) in [6, 6.07) is 6.59. The minimum atomic E-state index is -3.36. The number of aromatic nitrogens is 1. The fourth-order valence-corrected chi connectivity index (χ4v) is 4.46. The Labute approximate surface area is 165 Å². The lowest BCUT2D eigenvalue weighted by Crippen LogP contribution is -2.34. The number of ketones is 1. The van der Waals surface area contributed by atoms with E-state index in [9.17, 15) is 18.0 Å². The van der Waals surface area contributed by atoms with E-state index in [0.29, 0.717) is 36.2 Å². The molecular weight excluding hydrogens is 380 g/mol. The van der Waals surface area contributed by atoms with Gasteiger partial charge in [-0.15, -0.1) is 0 Å². The molecule has 1 aliphatic rings. The number of aryl methyl sites for hydroxylation is 2. The van der Waals surface area contributed by atoms with Crippen LogP contribution in [0.25, 0.3) is 0 Å². The quantitative estimate of drug-likeness (QED) is 0.564. The molecule has 150 valence electrons. The lowest BCUT2D eigenvalue weighted by Gasteiger charge is -2.29. The summed E-state index contributed by atoms with van der Waals surface area (Å²) in [5.74, 6) is -0.853. The molecule has 0 radical (unpaired) electrons. The first-order valence-electron chi connectivity index (χ1n) is 9.03. The number of hydrogen-bond acceptors (Lipinski definition) is 5. The Kier molecular flexibility index (Phi) is 5.34. The van der Waals surface area contributed by atoms with Gasteiger partial charge in [0.25, 0.3) is 0 Å². The van der Waals surface area contributed by atoms with Gasteiger partial charge < -0.3 is 9.30 Å². The van der Waals surface area contributed by atoms with Gasteiger partial charge in [-0.05, 0) is 56.5 Å². The third kappa shape index (κ3) is 3.82. The van der Waals surface area contributed by atoms with Gasteiger partial charge in [0, 0.05) is 30.5 Å². The number of ether oxygens (including phenoxy) is 1. The average Bonchev–Trinajstić information content (AvgIpc) is 2.91. The van der Waals surface area contributed by atoms with Crippen LogP contribution in [-0.4, -0.2) is 44.1 Å². The normalized spacial score (nSPS) is 13.9. The summed E-state index contributed by atoms with van der Waals surface area (Å²) in [6.45, 7) is 3.84. The van der Waals surface area contributed by atoms with Crippen LogP contribution in [0.1, 0.15) is 44.1 Å². The zero-order chi connectivity index (χ0) is 20.6. The molecule has 0 N–H and O–H groups in total. The molecule has 0 bridgehead atoms. The maximum absolute atomic E-state index is 12.4. The Bertz CT molecular complexity index is 1050. The number of esters is 1. The monoisotopic (exact) mass is 404 g/mol. The molecule has 0 saturated heterocycles. The number of fused-ring (bicyclic) bond motifs is 1. The molecule has 0 spiro atoms. The Hall–Kier alpha value is -2.61. The molecule has 0 saturated carbocycles. The standard InChI is InChI=1S/C20H24N2O5S/c1-13-10-17(14(2)21(13)3)19(23)12-27-20(24)16-7-8-18-15(11-16)6-5-9-22(18)28(4,25)26/h7-8,10-11H,5-6,9,12H2,1-4H3. The van der Waals surface area contributed by atoms with Crippen molar-refractivity contribution in [2.24, 2.45) is 7.05 Å². The molecule has 2 heterocycles. The molecule has 0 aliphatic carbocycles. The SMILES string of the molecule is Cc1cc(C(=O)COC(=O)c2ccc3c(c2)CCCN3S(C)(=O)=O)c(C)n1C. The summed E-state index contributed by atoms with van der Waals surface area (Å²) < 4.78 is 32.3. The molecule has 1 aromatic heterocycles. The van der Waals surface area contributed by atoms with Gasteiger partial charge in [-0.3, -0.25) is 9.10 Å². The van der Waals surface area contributed by atoms with Crippen LogP contribution in [0.15, 0.2) is 24.3 Å². The highest BCUT2D eigenvalue weighted by Gasteiger charge is 2.25. The summed E-state index contributed by atoms with van der Waals surface area (Å²) in [4.78, 5) is 24.8. The van der Waals surface area contributed by atoms with E-state index in [-0.39, 0.29) is 12.4 Å². The summed E-state index contributed by atoms with van der Waals surface area (Å²) in [7, 11) is -1.48. The number of rotatable bonds is 5. The van der Waals surface area contributed by atoms with Gasteiger partial charge in [0.05, 0.1) is 17.5 Å². The van der Waals surface area contributed by atoms with Crippen molar-refractivity contribution in [2.75, 3.05) is 23.7 Å². The second-order valence-electron chi connectivity index (χ2n) is 7.13. The van der Waals surface area contributed by atoms with Crippen LogP contribution in [0.5, 0.6) is 0 Å². The van der Waals surface area contributed by atoms with E-state index in [1.165, 1.54) is 16.6 Å². The Morgan fingerprint density at radius 3 is 2.50 bits per heavy atom. The van der Waals surface area contributed by atoms with Gasteiger partial charge in [0.15, 0.2) is 6.61 Å². The number of nitrogens with zero attached hydrogens (tertiary/aromatic N) is 2. The Morgan fingerprint density at radius 1 is 1.18 bits per heavy atom. The number of anilines is 1. The molecule has 28 heavy (non-hydrogen) atoms. The van der Waals surface area contributed by atoms with Crippen molar-refractivity contribution in [3.05, 3.63) is 52.3 Å². The first kappa shape index (κ1) is 20.1. The molecule has 0 unspecified atom stereocenters. The summed E-state index contributed by atoms with van der Waals surface area (Å²) in [5.41, 5.74) is 4.01. The summed E-state index contributed by atoms with van der Waals surface area (Å²) in [6.07, 6.45) is 2.54. The molecule has 8 heteroatoms. The van der Waals surface area contributed by atoms with Gasteiger partial charge in [-0.1, -0.05) is 0 Å². The van der Waals surface area contributed by atoms with E-state index in [2.05, 4.69) is 0 Å². The van der Waals surface area contributed by atoms with Crippen molar-refractivity contribution in [3.63, 3.8) is 0 Å². The van der Waals surface area contributed by atoms with Crippen molar-refractivity contribution >= 4 is 27.5 Å². The number of sulfonamides is 1. The van der Waals surface area contributed by atoms with Crippen molar-refractivity contribution < 1.29 is 22.7 Å². The molecule has 0 amide bonds. The first-order chi connectivity index (χ1) is 13.1. The van der Waals surface area contributed by atoms with Crippen molar-refractivity contribution in [3.8, 4) is 0 Å². The van der Waals surface area contributed by atoms with E-state index < -0.39 is 16.0 Å². The minimum absolute atomic E-state index is 0.254. The summed E-state index contributed by atoms with van der Waals surface area (Å²) >= 11 is 0. The number of carbonyl (C=O) groups excluding carboxylic acids is 2. The zero-order valence-electron chi connectivity index (χ0n) is 16.5. The van der Waals surface area contributed by atoms with E-state index in [1.807, 2.05) is 25.5 Å². The molecule has 1 aromatic carbocycles. The maximum atomic E-state index is 12.4. The average molecular weight is 404 g/mol. The van der Waals surface area contributed by atoms with Gasteiger partial charge in [0.2, 0.25) is 15.8 Å². The van der Waals surface area contributed by atoms with Crippen molar-refractivity contribution in [1.29, 1.82) is 0 Å². The van der Waals surface area contributed by atoms with Crippen LogP contribution in [0, 0.1) is 13.8 Å². The Balaban J connectivity index is 1.73. The molecule has 7 nitrogen and oxygen atoms in total. The Morgan fingerprint density at radius 2 is 1.89 bits per heavy atom. The van der Waals surface area contributed by atoms with Crippen LogP contribution >= 0.6 is 0 Å². The predicted molar refractivity (Wildman–Crippen MR) is 106 cm³/mol. The van der Waals surface area contributed by atoms with Gasteiger partial charge >= 0.3 is 5.97 Å². The lowest BCUT2D eigenvalue weighted by atomic mass is 10.0. The number of carbonyl (C=O) groups is 2. The third-order valence-corrected chi connectivity index (χ3v) is 6.38. The topological polar surface area (TPSA) is 85.7 Å². The van der Waals surface area contributed by atoms with Crippen molar-refractivity contribution in [1.82, 2.24) is 4.57 Å². The number of hydrogen-bond donors (Lipinski definition) is 0. The van der Waals surface area contributed by atoms with E-state index in [4.69, 9.17) is 4.74 Å². The van der Waals surface area contributed by atoms with Gasteiger partial charge in [0.1, 0.15) is 0 Å². The largest absolute Gasteiger partial charge is 0.454 e. The van der Waals surface area contributed by atoms with E-state index >= 15 is 0 Å². The molecule has 1 aliphatic heterocycles. The molecule has 3 rings (SSSR count). The minimum Gasteiger partial charge on any atom is -0.454 e. The smallest absolute Gasteiger partial charge is 0.338 e. The van der Waals surface area contributed by atoms with Crippen LogP contribution in [0.2, 0.25) is 0 Å². The van der Waals surface area contributed by atoms with Gasteiger partial charge in [-0.2, -0.15) is 0 Å². The fraction of sp³-hybridized carbons (Fsp3) is 0.400. The van der Waals surface area contributed by atoms with E-state index in [0.717, 1.165) is 17.0 Å². The fourth-order valence-electron chi connectivity index (χ4n) is 3.46. The summed E-state index contributed by atoms with van der Waals surface area (Å²) in [5, 5.41) is 0. The highest BCUT2D eigenvalue weighted by Crippen LogP contribution is 2.30. The molecule has 0 fully saturated rings. The first-order valence-corrected chi connectivity index (χ1v) is 10.9. The van der Waals surface area contributed by atoms with Gasteiger partial charge in [-0.25, -0.2) is 13.2 Å². The van der Waals surface area contributed by atoms with Crippen LogP contribution in [0.4, 0.5) is 5.69 Å². The lowest BCUT2D eigenvalue weighted by molar-refractivity contribution is 0.0474. The van der Waals surface area contributed by atoms with Crippen molar-refractivity contribution in [2.45, 2.75) is 26.7 Å². The molecule has 0 atom stereocenters. The number of benzene rings is 1. The number of Topliss-reactive ketones (excluding diaryl/α,β-unsaturated/α-hetero) is 1. The van der Waals surface area contributed by atoms with E-state index in [1.54, 1.807) is 18.2 Å². The third-order valence-electron chi connectivity index (χ3n) is 5.20. The molecule has 2 aromatic rings. The highest BCUT2D eigenvalue weighted by molar-refractivity contribution is 7.92. The van der Waals surface area contributed by atoms with Crippen LogP contribution in [-0.2, 0) is 28.2 Å². The maximum Gasteiger partial charge on any atom is 0.338 e. The molecular formula is C20H24N2O5S. The zero-order valence-corrected chi connectivity index (χ0v) is 17.3. The second-order valence-corrected chi connectivity index (χ2v) is 9.03. The second kappa shape index (κ2) is 7.43. The van der Waals surface area contributed by atoms with Crippen LogP contribution in [0.3, 0.4) is 0 Å². The predicted octanol–water partition coefficient (Wildman–Crippen LogP) is 2.39.